The van der Waals surface area contributed by atoms with Gasteiger partial charge in [-0.1, -0.05) is 13.3 Å². The Morgan fingerprint density at radius 1 is 1.50 bits per heavy atom. The van der Waals surface area contributed by atoms with Crippen molar-refractivity contribution in [3.63, 3.8) is 0 Å². The summed E-state index contributed by atoms with van der Waals surface area (Å²) < 4.78 is 2.46. The van der Waals surface area contributed by atoms with Crippen molar-refractivity contribution in [3.8, 4) is 0 Å². The Balaban J connectivity index is 1.86. The van der Waals surface area contributed by atoms with E-state index in [-0.39, 0.29) is 0 Å². The van der Waals surface area contributed by atoms with E-state index in [1.54, 1.807) is 0 Å². The molecular weight excluding hydrogens is 138 g/mol. The van der Waals surface area contributed by atoms with E-state index in [0.717, 1.165) is 17.8 Å². The van der Waals surface area contributed by atoms with Crippen molar-refractivity contribution in [3.05, 3.63) is 0 Å². The molecule has 0 aliphatic carbocycles. The molecule has 8 heavy (non-hydrogen) atoms. The van der Waals surface area contributed by atoms with Crippen LogP contribution in [0.3, 0.4) is 0 Å². The molecule has 2 nitrogen and oxygen atoms in total. The molecule has 0 aromatic rings. The topological polar surface area (TPSA) is 15.3 Å². The number of hydrogen-bond acceptors (Lipinski definition) is 2. The van der Waals surface area contributed by atoms with Crippen LogP contribution in [0.4, 0.5) is 0 Å². The van der Waals surface area contributed by atoms with Gasteiger partial charge in [-0.2, -0.15) is 0 Å². The van der Waals surface area contributed by atoms with Gasteiger partial charge in [-0.05, 0) is 6.42 Å². The zero-order valence-electron chi connectivity index (χ0n) is 5.07. The lowest BCUT2D eigenvalue weighted by molar-refractivity contribution is 0.630. The molecule has 4 heteroatoms. The fourth-order valence-corrected chi connectivity index (χ4v) is 2.18. The van der Waals surface area contributed by atoms with E-state index in [4.69, 9.17) is 0 Å². The Hall–Kier alpha value is 0.780. The maximum atomic E-state index is 3.25. The highest BCUT2D eigenvalue weighted by atomic mass is 31.2. The smallest absolute Gasteiger partial charge is 0.0302 e. The second kappa shape index (κ2) is 3.74. The summed E-state index contributed by atoms with van der Waals surface area (Å²) in [5.41, 5.74) is 0. The van der Waals surface area contributed by atoms with Gasteiger partial charge in [0.1, 0.15) is 0 Å². The molecule has 0 spiro atoms. The fraction of sp³-hybridized carbons (Fsp3) is 1.00. The van der Waals surface area contributed by atoms with Gasteiger partial charge in [0.2, 0.25) is 0 Å². The van der Waals surface area contributed by atoms with Crippen molar-refractivity contribution in [2.75, 3.05) is 6.54 Å². The van der Waals surface area contributed by atoms with Crippen LogP contribution in [0.5, 0.6) is 0 Å². The molecule has 1 aliphatic rings. The van der Waals surface area contributed by atoms with Gasteiger partial charge in [0.25, 0.3) is 0 Å². The third-order valence-electron chi connectivity index (χ3n) is 1.12. The van der Waals surface area contributed by atoms with Gasteiger partial charge >= 0.3 is 0 Å². The maximum absolute atomic E-state index is 3.25. The molecule has 0 saturated carbocycles. The van der Waals surface area contributed by atoms with Gasteiger partial charge in [0.05, 0.1) is 0 Å². The van der Waals surface area contributed by atoms with Crippen molar-refractivity contribution in [1.29, 1.82) is 0 Å². The van der Waals surface area contributed by atoms with Gasteiger partial charge in [0.15, 0.2) is 0 Å². The van der Waals surface area contributed by atoms with Crippen LogP contribution in [0.2, 0.25) is 0 Å². The third-order valence-corrected chi connectivity index (χ3v) is 3.67. The first kappa shape index (κ1) is 6.89. The largest absolute Gasteiger partial charge is 0.253 e. The van der Waals surface area contributed by atoms with E-state index >= 15 is 0 Å². The second-order valence-corrected chi connectivity index (χ2v) is 4.83. The maximum Gasteiger partial charge on any atom is 0.0302 e. The van der Waals surface area contributed by atoms with Crippen LogP contribution in [0.1, 0.15) is 19.8 Å². The van der Waals surface area contributed by atoms with Crippen LogP contribution in [-0.2, 0) is 0 Å². The van der Waals surface area contributed by atoms with E-state index in [2.05, 4.69) is 16.2 Å². The SMILES string of the molecule is CCCCN1PNP1. The van der Waals surface area contributed by atoms with Crippen LogP contribution >= 0.6 is 17.8 Å². The molecular formula is C4H12N2P2. The lowest BCUT2D eigenvalue weighted by Crippen LogP contribution is -2.19. The lowest BCUT2D eigenvalue weighted by atomic mass is 10.3. The summed E-state index contributed by atoms with van der Waals surface area (Å²) in [4.78, 5) is 3.25. The second-order valence-electron chi connectivity index (χ2n) is 1.85. The molecule has 1 rings (SSSR count). The zero-order chi connectivity index (χ0) is 5.82. The monoisotopic (exact) mass is 150 g/mol. The Bertz CT molecular complexity index is 65.1. The van der Waals surface area contributed by atoms with E-state index in [9.17, 15) is 0 Å². The van der Waals surface area contributed by atoms with Crippen molar-refractivity contribution in [2.45, 2.75) is 19.8 Å². The predicted molar refractivity (Wildman–Crippen MR) is 41.4 cm³/mol. The summed E-state index contributed by atoms with van der Waals surface area (Å²) in [6.45, 7) is 3.54. The van der Waals surface area contributed by atoms with E-state index in [1.165, 1.54) is 19.4 Å². The van der Waals surface area contributed by atoms with Gasteiger partial charge in [-0.25, -0.2) is 4.44 Å². The van der Waals surface area contributed by atoms with Gasteiger partial charge in [-0.3, -0.25) is 4.86 Å². The van der Waals surface area contributed by atoms with Gasteiger partial charge < -0.3 is 0 Å². The first-order chi connectivity index (χ1) is 3.93. The summed E-state index contributed by atoms with van der Waals surface area (Å²) in [6, 6.07) is 0. The molecule has 0 aromatic heterocycles. The quantitative estimate of drug-likeness (QED) is 0.616. The Labute approximate surface area is 54.2 Å². The molecule has 1 fully saturated rings. The van der Waals surface area contributed by atoms with Crippen molar-refractivity contribution in [2.24, 2.45) is 0 Å². The van der Waals surface area contributed by atoms with Crippen LogP contribution < -0.4 is 4.86 Å². The number of rotatable bonds is 3. The molecule has 0 radical (unpaired) electrons. The van der Waals surface area contributed by atoms with Crippen molar-refractivity contribution in [1.82, 2.24) is 9.30 Å². The highest BCUT2D eigenvalue weighted by Crippen LogP contribution is 2.40. The Morgan fingerprint density at radius 3 is 2.62 bits per heavy atom. The molecule has 2 atom stereocenters. The molecule has 1 N–H and O–H groups in total. The standard InChI is InChI=1S/C4H12N2P2/c1-2-3-4-6-7-5-8-6/h5,7-8H,2-4H2,1H3. The van der Waals surface area contributed by atoms with Crippen LogP contribution in [-0.4, -0.2) is 11.0 Å². The van der Waals surface area contributed by atoms with Crippen LogP contribution in [0, 0.1) is 0 Å². The molecule has 0 bridgehead atoms. The van der Waals surface area contributed by atoms with Gasteiger partial charge in [-0.15, -0.1) is 0 Å². The average Bonchev–Trinajstić information content (AvgIpc) is 1.63. The van der Waals surface area contributed by atoms with Gasteiger partial charge in [0, 0.05) is 24.3 Å². The lowest BCUT2D eigenvalue weighted by Gasteiger charge is -2.30. The number of nitrogens with one attached hydrogen (secondary N) is 1. The van der Waals surface area contributed by atoms with Crippen molar-refractivity contribution >= 4 is 17.8 Å². The zero-order valence-corrected chi connectivity index (χ0v) is 7.07. The summed E-state index contributed by atoms with van der Waals surface area (Å²) in [7, 11) is 1.84. The minimum Gasteiger partial charge on any atom is -0.253 e. The third kappa shape index (κ3) is 1.95. The minimum atomic E-state index is 0.918. The number of unbranched alkanes of at least 4 members (excludes halogenated alkanes) is 1. The normalized spacial score (nSPS) is 26.6. The first-order valence-corrected chi connectivity index (χ1v) is 4.86. The highest BCUT2D eigenvalue weighted by Gasteiger charge is 2.10. The van der Waals surface area contributed by atoms with E-state index in [0.29, 0.717) is 0 Å². The Morgan fingerprint density at radius 2 is 2.25 bits per heavy atom. The predicted octanol–water partition coefficient (Wildman–Crippen LogP) is 1.71. The Kier molecular flexibility index (Phi) is 3.22. The number of nitrogens with zero attached hydrogens (tertiary/aromatic N) is 1. The molecule has 0 amide bonds. The first-order valence-electron chi connectivity index (χ1n) is 2.97. The summed E-state index contributed by atoms with van der Waals surface area (Å²) in [6.07, 6.45) is 2.69. The summed E-state index contributed by atoms with van der Waals surface area (Å²) in [5, 5.41) is 0. The molecule has 1 aliphatic heterocycles. The molecule has 1 saturated heterocycles. The molecule has 1 heterocycles. The van der Waals surface area contributed by atoms with Crippen molar-refractivity contribution < 1.29 is 0 Å². The number of hydrogen-bond donors (Lipinski definition) is 1. The molecule has 2 unspecified atom stereocenters. The summed E-state index contributed by atoms with van der Waals surface area (Å²) >= 11 is 0. The van der Waals surface area contributed by atoms with E-state index < -0.39 is 0 Å². The van der Waals surface area contributed by atoms with Crippen LogP contribution in [0.15, 0.2) is 0 Å². The highest BCUT2D eigenvalue weighted by molar-refractivity contribution is 7.64. The average molecular weight is 150 g/mol. The molecule has 0 aromatic carbocycles. The minimum absolute atomic E-state index is 0.918. The van der Waals surface area contributed by atoms with Crippen LogP contribution in [0.25, 0.3) is 0 Å². The fourth-order valence-electron chi connectivity index (χ4n) is 0.563. The molecule has 48 valence electrons. The summed E-state index contributed by atoms with van der Waals surface area (Å²) in [5.74, 6) is 0. The van der Waals surface area contributed by atoms with E-state index in [1.807, 2.05) is 0 Å².